The van der Waals surface area contributed by atoms with Crippen molar-refractivity contribution in [1.29, 1.82) is 0 Å². The summed E-state index contributed by atoms with van der Waals surface area (Å²) in [5.74, 6) is -0.163. The van der Waals surface area contributed by atoms with Gasteiger partial charge in [0.05, 0.1) is 0 Å². The molecule has 1 fully saturated rings. The molecule has 0 bridgehead atoms. The van der Waals surface area contributed by atoms with Gasteiger partial charge >= 0.3 is 5.97 Å². The quantitative estimate of drug-likeness (QED) is 0.477. The van der Waals surface area contributed by atoms with Gasteiger partial charge in [0.25, 0.3) is 0 Å². The largest absolute Gasteiger partial charge is 0.491 e. The van der Waals surface area contributed by atoms with Gasteiger partial charge in [-0.25, -0.2) is 9.78 Å². The number of carboxylic acids is 1. The molecular weight excluding hydrogens is 426 g/mol. The van der Waals surface area contributed by atoms with Crippen molar-refractivity contribution in [2.24, 2.45) is 0 Å². The van der Waals surface area contributed by atoms with Crippen molar-refractivity contribution in [2.45, 2.75) is 45.1 Å². The molecule has 1 aromatic carbocycles. The zero-order valence-electron chi connectivity index (χ0n) is 18.6. The second kappa shape index (κ2) is 9.92. The Bertz CT molecular complexity index is 1090. The van der Waals surface area contributed by atoms with Crippen LogP contribution in [-0.4, -0.2) is 51.8 Å². The third-order valence-corrected chi connectivity index (χ3v) is 6.79. The minimum absolute atomic E-state index is 0.138. The number of pyridine rings is 1. The minimum Gasteiger partial charge on any atom is -0.491 e. The third-order valence-electron chi connectivity index (χ3n) is 6.55. The number of aromatic nitrogens is 2. The summed E-state index contributed by atoms with van der Waals surface area (Å²) in [6, 6.07) is 9.27. The third kappa shape index (κ3) is 4.76. The maximum Gasteiger partial charge on any atom is 0.339 e. The van der Waals surface area contributed by atoms with Crippen molar-refractivity contribution in [1.82, 2.24) is 14.5 Å². The lowest BCUT2D eigenvalue weighted by Gasteiger charge is -2.31. The molecule has 3 aromatic rings. The smallest absolute Gasteiger partial charge is 0.339 e. The number of rotatable bonds is 8. The zero-order valence-corrected chi connectivity index (χ0v) is 19.4. The van der Waals surface area contributed by atoms with E-state index >= 15 is 0 Å². The summed E-state index contributed by atoms with van der Waals surface area (Å²) in [6.07, 6.45) is 7.46. The normalized spacial score (nSPS) is 16.3. The van der Waals surface area contributed by atoms with E-state index in [4.69, 9.17) is 16.3 Å². The number of likely N-dealkylation sites (tertiary alicyclic amines) is 1. The molecule has 1 N–H and O–H groups in total. The molecule has 3 heterocycles. The number of benzene rings is 1. The summed E-state index contributed by atoms with van der Waals surface area (Å²) in [5.41, 5.74) is 2.64. The molecule has 1 saturated heterocycles. The first-order valence-electron chi connectivity index (χ1n) is 11.3. The molecule has 7 heteroatoms. The predicted octanol–water partition coefficient (Wildman–Crippen LogP) is 5.62. The van der Waals surface area contributed by atoms with Crippen LogP contribution in [0.2, 0.25) is 5.02 Å². The molecular formula is C25H30ClN3O3. The van der Waals surface area contributed by atoms with E-state index in [-0.39, 0.29) is 5.56 Å². The number of hydrogen-bond acceptors (Lipinski definition) is 4. The van der Waals surface area contributed by atoms with Gasteiger partial charge < -0.3 is 14.4 Å². The lowest BCUT2D eigenvalue weighted by molar-refractivity contribution is 0.0691. The molecule has 2 aromatic heterocycles. The van der Waals surface area contributed by atoms with Gasteiger partial charge in [0.2, 0.25) is 0 Å². The number of carbonyl (C=O) groups is 1. The van der Waals surface area contributed by atoms with Crippen LogP contribution in [0.5, 0.6) is 5.75 Å². The maximum atomic E-state index is 11.4. The van der Waals surface area contributed by atoms with Crippen LogP contribution in [-0.2, 0) is 0 Å². The van der Waals surface area contributed by atoms with Crippen LogP contribution in [0, 0.1) is 0 Å². The van der Waals surface area contributed by atoms with E-state index in [1.807, 2.05) is 12.3 Å². The van der Waals surface area contributed by atoms with E-state index in [0.717, 1.165) is 44.5 Å². The first-order valence-corrected chi connectivity index (χ1v) is 11.7. The molecule has 0 saturated carbocycles. The Labute approximate surface area is 193 Å². The Morgan fingerprint density at radius 3 is 2.81 bits per heavy atom. The highest BCUT2D eigenvalue weighted by atomic mass is 35.5. The van der Waals surface area contributed by atoms with Gasteiger partial charge in [0, 0.05) is 35.4 Å². The van der Waals surface area contributed by atoms with Crippen molar-refractivity contribution in [3.05, 3.63) is 58.9 Å². The van der Waals surface area contributed by atoms with Crippen LogP contribution in [0.3, 0.4) is 0 Å². The van der Waals surface area contributed by atoms with Crippen LogP contribution in [0.25, 0.3) is 11.0 Å². The Kier molecular flexibility index (Phi) is 7.01. The lowest BCUT2D eigenvalue weighted by Crippen LogP contribution is -2.35. The van der Waals surface area contributed by atoms with Gasteiger partial charge in [-0.15, -0.1) is 0 Å². The van der Waals surface area contributed by atoms with Gasteiger partial charge in [-0.2, -0.15) is 0 Å². The Balaban J connectivity index is 1.37. The molecule has 4 rings (SSSR count). The van der Waals surface area contributed by atoms with Crippen LogP contribution in [0.15, 0.2) is 42.7 Å². The number of fused-ring (bicyclic) bond motifs is 1. The topological polar surface area (TPSA) is 67.6 Å². The van der Waals surface area contributed by atoms with Gasteiger partial charge in [0.1, 0.15) is 23.6 Å². The fourth-order valence-electron chi connectivity index (χ4n) is 4.51. The van der Waals surface area contributed by atoms with Gasteiger partial charge in [0.15, 0.2) is 0 Å². The number of piperidine rings is 1. The molecule has 6 nitrogen and oxygen atoms in total. The fraction of sp³-hybridized carbons (Fsp3) is 0.440. The van der Waals surface area contributed by atoms with Crippen molar-refractivity contribution in [3.63, 3.8) is 0 Å². The van der Waals surface area contributed by atoms with Crippen molar-refractivity contribution in [3.8, 4) is 5.75 Å². The average Bonchev–Trinajstić information content (AvgIpc) is 3.19. The number of halogens is 1. The minimum atomic E-state index is -1.01. The standard InChI is InChI=1S/C25H30ClN3O3/c1-3-17(2)29-16-22(20-5-4-10-27-24(20)29)18-8-11-28(12-9-18)13-14-32-23-15-19(26)6-7-21(23)25(30)31/h4-7,10,15-18H,3,8-9,11-14H2,1-2H3,(H,30,31). The fourth-order valence-corrected chi connectivity index (χ4v) is 4.67. The summed E-state index contributed by atoms with van der Waals surface area (Å²) in [6.45, 7) is 7.63. The van der Waals surface area contributed by atoms with Crippen LogP contribution >= 0.6 is 11.6 Å². The summed E-state index contributed by atoms with van der Waals surface area (Å²) in [7, 11) is 0. The molecule has 0 aliphatic carbocycles. The second-order valence-corrected chi connectivity index (χ2v) is 8.97. The van der Waals surface area contributed by atoms with E-state index in [1.165, 1.54) is 17.0 Å². The second-order valence-electron chi connectivity index (χ2n) is 8.53. The van der Waals surface area contributed by atoms with E-state index in [0.29, 0.717) is 29.3 Å². The Morgan fingerprint density at radius 1 is 1.31 bits per heavy atom. The molecule has 0 amide bonds. The summed E-state index contributed by atoms with van der Waals surface area (Å²) >= 11 is 6.01. The summed E-state index contributed by atoms with van der Waals surface area (Å²) in [5, 5.41) is 11.1. The molecule has 1 unspecified atom stereocenters. The number of ether oxygens (including phenoxy) is 1. The predicted molar refractivity (Wildman–Crippen MR) is 127 cm³/mol. The average molecular weight is 456 g/mol. The number of carboxylic acid groups (broad SMARTS) is 1. The number of aromatic carboxylic acids is 1. The van der Waals surface area contributed by atoms with E-state index in [1.54, 1.807) is 12.1 Å². The van der Waals surface area contributed by atoms with Crippen LogP contribution < -0.4 is 4.74 Å². The highest BCUT2D eigenvalue weighted by Crippen LogP contribution is 2.35. The van der Waals surface area contributed by atoms with Crippen molar-refractivity contribution < 1.29 is 14.6 Å². The molecule has 0 radical (unpaired) electrons. The maximum absolute atomic E-state index is 11.4. The highest BCUT2D eigenvalue weighted by Gasteiger charge is 2.25. The highest BCUT2D eigenvalue weighted by molar-refractivity contribution is 6.30. The molecule has 32 heavy (non-hydrogen) atoms. The van der Waals surface area contributed by atoms with Gasteiger partial charge in [-0.3, -0.25) is 4.90 Å². The molecule has 1 atom stereocenters. The SMILES string of the molecule is CCC(C)n1cc(C2CCN(CCOc3cc(Cl)ccc3C(=O)O)CC2)c2cccnc21. The van der Waals surface area contributed by atoms with E-state index in [9.17, 15) is 9.90 Å². The van der Waals surface area contributed by atoms with E-state index < -0.39 is 5.97 Å². The molecule has 0 spiro atoms. The van der Waals surface area contributed by atoms with Gasteiger partial charge in [-0.05, 0) is 81.1 Å². The van der Waals surface area contributed by atoms with Crippen LogP contribution in [0.1, 0.15) is 61.0 Å². The first-order chi connectivity index (χ1) is 15.5. The van der Waals surface area contributed by atoms with Gasteiger partial charge in [-0.1, -0.05) is 18.5 Å². The zero-order chi connectivity index (χ0) is 22.7. The van der Waals surface area contributed by atoms with Crippen molar-refractivity contribution >= 4 is 28.6 Å². The van der Waals surface area contributed by atoms with Crippen molar-refractivity contribution in [2.75, 3.05) is 26.2 Å². The molecule has 170 valence electrons. The number of nitrogens with zero attached hydrogens (tertiary/aromatic N) is 3. The lowest BCUT2D eigenvalue weighted by atomic mass is 9.89. The van der Waals surface area contributed by atoms with E-state index in [2.05, 4.69) is 40.6 Å². The molecule has 1 aliphatic rings. The number of hydrogen-bond donors (Lipinski definition) is 1. The monoisotopic (exact) mass is 455 g/mol. The summed E-state index contributed by atoms with van der Waals surface area (Å²) in [4.78, 5) is 18.4. The molecule has 1 aliphatic heterocycles. The summed E-state index contributed by atoms with van der Waals surface area (Å²) < 4.78 is 8.10. The Hall–Kier alpha value is -2.57. The Morgan fingerprint density at radius 2 is 2.09 bits per heavy atom. The first kappa shape index (κ1) is 22.6. The van der Waals surface area contributed by atoms with Crippen LogP contribution in [0.4, 0.5) is 0 Å².